The number of nitrogens with zero attached hydrogens (tertiary/aromatic N) is 6. The molecular weight excluding hydrogens is 623 g/mol. The van der Waals surface area contributed by atoms with Crippen LogP contribution in [-0.4, -0.2) is 43.7 Å². The molecule has 3 aromatic carbocycles. The predicted octanol–water partition coefficient (Wildman–Crippen LogP) is 4.88. The van der Waals surface area contributed by atoms with E-state index in [0.29, 0.717) is 23.1 Å². The van der Waals surface area contributed by atoms with E-state index in [1.807, 2.05) is 66.0 Å². The molecule has 0 aliphatic rings. The summed E-state index contributed by atoms with van der Waals surface area (Å²) in [6, 6.07) is 22.4. The summed E-state index contributed by atoms with van der Waals surface area (Å²) in [5, 5.41) is 13.3. The Hall–Kier alpha value is -4.03. The van der Waals surface area contributed by atoms with E-state index in [9.17, 15) is 5.11 Å². The summed E-state index contributed by atoms with van der Waals surface area (Å²) in [6.45, 7) is 0. The molecule has 3 heterocycles. The van der Waals surface area contributed by atoms with Gasteiger partial charge in [0.25, 0.3) is 0 Å². The smallest absolute Gasteiger partial charge is 0.235 e. The number of anilines is 1. The molecule has 176 valence electrons. The standard InChI is InChI=1S/C26H19N6O2.Pt/c1-31(2)20-10-11-23(33)25-19(20)9-12-24(30-25)34-16-7-8-18-17-5-3-4-6-21(17)32(22(18)13-16)26-28-14-27-15-29-26;/h3-12,14-15,33H,1-2H3;/q-1;. The number of rotatable bonds is 4. The van der Waals surface area contributed by atoms with Crippen LogP contribution >= 0.6 is 0 Å². The summed E-state index contributed by atoms with van der Waals surface area (Å²) in [7, 11) is 3.90. The van der Waals surface area contributed by atoms with Crippen LogP contribution in [0.5, 0.6) is 17.4 Å². The molecule has 6 rings (SSSR count). The average Bonchev–Trinajstić information content (AvgIpc) is 3.18. The van der Waals surface area contributed by atoms with Gasteiger partial charge in [-0.05, 0) is 29.7 Å². The monoisotopic (exact) mass is 642 g/mol. The maximum absolute atomic E-state index is 10.4. The Balaban J connectivity index is 0.00000253. The van der Waals surface area contributed by atoms with Gasteiger partial charge in [-0.15, -0.1) is 17.5 Å². The third kappa shape index (κ3) is 3.86. The number of hydrogen-bond donors (Lipinski definition) is 1. The van der Waals surface area contributed by atoms with E-state index in [1.165, 1.54) is 12.7 Å². The maximum Gasteiger partial charge on any atom is 0.235 e. The molecule has 1 N–H and O–H groups in total. The van der Waals surface area contributed by atoms with E-state index >= 15 is 0 Å². The second-order valence-electron chi connectivity index (χ2n) is 8.02. The van der Waals surface area contributed by atoms with Crippen LogP contribution in [0.2, 0.25) is 0 Å². The normalized spacial score (nSPS) is 11.0. The Morgan fingerprint density at radius 3 is 2.46 bits per heavy atom. The van der Waals surface area contributed by atoms with Gasteiger partial charge in [-0.1, -0.05) is 23.7 Å². The second kappa shape index (κ2) is 8.96. The quantitative estimate of drug-likeness (QED) is 0.275. The number of phenols is 1. The molecule has 0 atom stereocenters. The molecule has 0 unspecified atom stereocenters. The summed E-state index contributed by atoms with van der Waals surface area (Å²) in [6.07, 6.45) is 2.94. The summed E-state index contributed by atoms with van der Waals surface area (Å²) in [5.74, 6) is 1.44. The molecule has 6 aromatic rings. The van der Waals surface area contributed by atoms with Gasteiger partial charge < -0.3 is 19.3 Å². The number of phenolic OH excluding ortho intramolecular Hbond substituents is 1. The van der Waals surface area contributed by atoms with E-state index in [1.54, 1.807) is 12.1 Å². The Morgan fingerprint density at radius 2 is 1.66 bits per heavy atom. The first-order chi connectivity index (χ1) is 16.6. The van der Waals surface area contributed by atoms with Gasteiger partial charge in [-0.25, -0.2) is 19.9 Å². The van der Waals surface area contributed by atoms with Crippen molar-refractivity contribution in [3.8, 4) is 23.3 Å². The molecule has 3 aromatic heterocycles. The van der Waals surface area contributed by atoms with Crippen LogP contribution in [-0.2, 0) is 21.1 Å². The fraction of sp³-hybridized carbons (Fsp3) is 0.0769. The van der Waals surface area contributed by atoms with Crippen molar-refractivity contribution < 1.29 is 30.9 Å². The van der Waals surface area contributed by atoms with Crippen molar-refractivity contribution in [2.75, 3.05) is 19.0 Å². The van der Waals surface area contributed by atoms with E-state index in [4.69, 9.17) is 4.74 Å². The van der Waals surface area contributed by atoms with Crippen molar-refractivity contribution in [2.45, 2.75) is 0 Å². The van der Waals surface area contributed by atoms with Gasteiger partial charge >= 0.3 is 0 Å². The third-order valence-electron chi connectivity index (χ3n) is 5.72. The van der Waals surface area contributed by atoms with Crippen LogP contribution < -0.4 is 9.64 Å². The van der Waals surface area contributed by atoms with E-state index < -0.39 is 0 Å². The predicted molar refractivity (Wildman–Crippen MR) is 131 cm³/mol. The number of aromatic nitrogens is 5. The van der Waals surface area contributed by atoms with E-state index in [2.05, 4.69) is 32.1 Å². The first-order valence-corrected chi connectivity index (χ1v) is 10.7. The fourth-order valence-corrected chi connectivity index (χ4v) is 4.22. The van der Waals surface area contributed by atoms with Gasteiger partial charge in [-0.3, -0.25) is 0 Å². The molecule has 0 spiro atoms. The van der Waals surface area contributed by atoms with Crippen molar-refractivity contribution in [1.29, 1.82) is 0 Å². The van der Waals surface area contributed by atoms with Crippen LogP contribution in [0, 0.1) is 6.07 Å². The maximum atomic E-state index is 10.4. The summed E-state index contributed by atoms with van der Waals surface area (Å²) in [4.78, 5) is 19.1. The molecule has 0 fully saturated rings. The molecular formula is C26H19N6O2Pt-. The van der Waals surface area contributed by atoms with Crippen LogP contribution in [0.15, 0.2) is 73.3 Å². The molecule has 8 nitrogen and oxygen atoms in total. The minimum absolute atomic E-state index is 0. The van der Waals surface area contributed by atoms with Crippen molar-refractivity contribution in [3.05, 3.63) is 79.4 Å². The van der Waals surface area contributed by atoms with Crippen LogP contribution in [0.25, 0.3) is 38.7 Å². The van der Waals surface area contributed by atoms with Crippen molar-refractivity contribution in [1.82, 2.24) is 24.5 Å². The zero-order valence-corrected chi connectivity index (χ0v) is 21.1. The molecule has 0 radical (unpaired) electrons. The minimum Gasteiger partial charge on any atom is -0.506 e. The van der Waals surface area contributed by atoms with Gasteiger partial charge in [0, 0.05) is 63.6 Å². The first-order valence-electron chi connectivity index (χ1n) is 10.7. The number of hydrogen-bond acceptors (Lipinski definition) is 7. The van der Waals surface area contributed by atoms with E-state index in [-0.39, 0.29) is 26.8 Å². The second-order valence-corrected chi connectivity index (χ2v) is 8.02. The van der Waals surface area contributed by atoms with Gasteiger partial charge in [0.05, 0.1) is 0 Å². The number of fused-ring (bicyclic) bond motifs is 4. The summed E-state index contributed by atoms with van der Waals surface area (Å²) < 4.78 is 8.01. The number of benzene rings is 3. The largest absolute Gasteiger partial charge is 0.506 e. The zero-order valence-electron chi connectivity index (χ0n) is 18.8. The van der Waals surface area contributed by atoms with Crippen molar-refractivity contribution >= 4 is 38.4 Å². The Bertz CT molecular complexity index is 1680. The molecule has 9 heteroatoms. The van der Waals surface area contributed by atoms with Crippen molar-refractivity contribution in [2.24, 2.45) is 0 Å². The molecule has 35 heavy (non-hydrogen) atoms. The first kappa shape index (κ1) is 22.7. The SMILES string of the molecule is CN(C)c1ccc(O)c2nc(Oc3[c-]c4c(cc3)c3ccccc3n4-c3ncncn3)ccc12.[Pt]. The molecule has 0 aliphatic carbocycles. The third-order valence-corrected chi connectivity index (χ3v) is 5.72. The number of para-hydroxylation sites is 1. The number of ether oxygens (including phenoxy) is 1. The number of aromatic hydroxyl groups is 1. The topological polar surface area (TPSA) is 89.2 Å². The number of pyridine rings is 1. The minimum atomic E-state index is 0. The molecule has 0 aliphatic heterocycles. The van der Waals surface area contributed by atoms with Gasteiger partial charge in [0.15, 0.2) is 0 Å². The summed E-state index contributed by atoms with van der Waals surface area (Å²) in [5.41, 5.74) is 3.18. The van der Waals surface area contributed by atoms with Gasteiger partial charge in [0.2, 0.25) is 11.8 Å². The van der Waals surface area contributed by atoms with E-state index in [0.717, 1.165) is 32.9 Å². The average molecular weight is 643 g/mol. The zero-order chi connectivity index (χ0) is 23.2. The van der Waals surface area contributed by atoms with Crippen molar-refractivity contribution in [3.63, 3.8) is 0 Å². The van der Waals surface area contributed by atoms with Crippen LogP contribution in [0.1, 0.15) is 0 Å². The Labute approximate surface area is 215 Å². The van der Waals surface area contributed by atoms with Gasteiger partial charge in [-0.2, -0.15) is 6.07 Å². The van der Waals surface area contributed by atoms with Crippen LogP contribution in [0.3, 0.4) is 0 Å². The fourth-order valence-electron chi connectivity index (χ4n) is 4.22. The molecule has 0 amide bonds. The molecule has 0 saturated carbocycles. The molecule has 0 bridgehead atoms. The van der Waals surface area contributed by atoms with Crippen LogP contribution in [0.4, 0.5) is 5.69 Å². The Kier molecular flexibility index (Phi) is 5.83. The Morgan fingerprint density at radius 1 is 0.886 bits per heavy atom. The summed E-state index contributed by atoms with van der Waals surface area (Å²) >= 11 is 0. The van der Waals surface area contributed by atoms with Gasteiger partial charge in [0.1, 0.15) is 23.9 Å². The molecule has 0 saturated heterocycles.